The molecule has 0 aliphatic heterocycles. The van der Waals surface area contributed by atoms with E-state index in [1.54, 1.807) is 18.3 Å². The van der Waals surface area contributed by atoms with Crippen molar-refractivity contribution < 1.29 is 4.39 Å². The second kappa shape index (κ2) is 6.86. The molecule has 1 aromatic carbocycles. The third kappa shape index (κ3) is 3.81. The Hall–Kier alpha value is -1.39. The molecule has 1 aromatic heterocycles. The molecule has 0 saturated carbocycles. The zero-order valence-corrected chi connectivity index (χ0v) is 12.5. The summed E-state index contributed by atoms with van der Waals surface area (Å²) in [7, 11) is 0. The number of benzene rings is 1. The average Bonchev–Trinajstić information content (AvgIpc) is 2.83. The molecule has 3 nitrogen and oxygen atoms in total. The Bertz CT molecular complexity index is 546. The molecule has 0 aliphatic carbocycles. The molecule has 0 spiro atoms. The molecule has 0 radical (unpaired) electrons. The number of halogens is 2. The van der Waals surface area contributed by atoms with Crippen molar-refractivity contribution >= 4 is 11.6 Å². The highest BCUT2D eigenvalue weighted by atomic mass is 35.5. The summed E-state index contributed by atoms with van der Waals surface area (Å²) < 4.78 is 15.3. The number of aryl methyl sites for hydroxylation is 1. The third-order valence-electron chi connectivity index (χ3n) is 3.00. The molecule has 2 rings (SSSR count). The Balaban J connectivity index is 2.02. The second-order valence-electron chi connectivity index (χ2n) is 5.08. The third-order valence-corrected chi connectivity index (χ3v) is 3.30. The van der Waals surface area contributed by atoms with Gasteiger partial charge in [0, 0.05) is 12.2 Å². The summed E-state index contributed by atoms with van der Waals surface area (Å²) in [5, 5.41) is 7.92. The average molecular weight is 296 g/mol. The maximum atomic E-state index is 13.8. The summed E-state index contributed by atoms with van der Waals surface area (Å²) >= 11 is 6.02. The van der Waals surface area contributed by atoms with Crippen molar-refractivity contribution in [3.63, 3.8) is 0 Å². The van der Waals surface area contributed by atoms with E-state index in [0.29, 0.717) is 16.8 Å². The fourth-order valence-corrected chi connectivity index (χ4v) is 2.25. The van der Waals surface area contributed by atoms with Gasteiger partial charge in [0.15, 0.2) is 0 Å². The fraction of sp³-hybridized carbons (Fsp3) is 0.400. The standard InChI is InChI=1S/C15H19ClFN3/c1-11(2)18-8-4-5-12-9-19-20(10-12)15-13(16)6-3-7-14(15)17/h3,6-7,9-11,18H,4-5,8H2,1-2H3. The van der Waals surface area contributed by atoms with Crippen molar-refractivity contribution in [2.45, 2.75) is 32.7 Å². The molecule has 20 heavy (non-hydrogen) atoms. The minimum Gasteiger partial charge on any atom is -0.315 e. The quantitative estimate of drug-likeness (QED) is 0.825. The minimum absolute atomic E-state index is 0.306. The summed E-state index contributed by atoms with van der Waals surface area (Å²) in [6.07, 6.45) is 5.53. The molecule has 0 bridgehead atoms. The van der Waals surface area contributed by atoms with E-state index in [1.165, 1.54) is 10.7 Å². The van der Waals surface area contributed by atoms with Gasteiger partial charge in [-0.05, 0) is 37.1 Å². The number of rotatable bonds is 6. The van der Waals surface area contributed by atoms with Crippen molar-refractivity contribution in [2.24, 2.45) is 0 Å². The lowest BCUT2D eigenvalue weighted by molar-refractivity contribution is 0.570. The van der Waals surface area contributed by atoms with Gasteiger partial charge in [-0.1, -0.05) is 31.5 Å². The highest BCUT2D eigenvalue weighted by Gasteiger charge is 2.10. The van der Waals surface area contributed by atoms with Crippen molar-refractivity contribution in [2.75, 3.05) is 6.54 Å². The van der Waals surface area contributed by atoms with E-state index >= 15 is 0 Å². The first-order valence-electron chi connectivity index (χ1n) is 6.79. The van der Waals surface area contributed by atoms with Crippen molar-refractivity contribution in [1.82, 2.24) is 15.1 Å². The molecule has 0 amide bonds. The Morgan fingerprint density at radius 1 is 1.40 bits per heavy atom. The lowest BCUT2D eigenvalue weighted by Crippen LogP contribution is -2.23. The number of nitrogens with one attached hydrogen (secondary N) is 1. The number of hydrogen-bond donors (Lipinski definition) is 1. The first-order valence-corrected chi connectivity index (χ1v) is 7.17. The summed E-state index contributed by atoms with van der Waals surface area (Å²) in [5.74, 6) is -0.367. The van der Waals surface area contributed by atoms with Gasteiger partial charge in [0.1, 0.15) is 11.5 Å². The van der Waals surface area contributed by atoms with E-state index in [2.05, 4.69) is 24.3 Å². The van der Waals surface area contributed by atoms with Gasteiger partial charge in [0.25, 0.3) is 0 Å². The molecule has 1 heterocycles. The van der Waals surface area contributed by atoms with Crippen LogP contribution in [0.5, 0.6) is 0 Å². The monoisotopic (exact) mass is 295 g/mol. The van der Waals surface area contributed by atoms with E-state index in [9.17, 15) is 4.39 Å². The van der Waals surface area contributed by atoms with Crippen LogP contribution in [-0.2, 0) is 6.42 Å². The lowest BCUT2D eigenvalue weighted by Gasteiger charge is -2.06. The van der Waals surface area contributed by atoms with Gasteiger partial charge >= 0.3 is 0 Å². The first-order chi connectivity index (χ1) is 9.58. The maximum Gasteiger partial charge on any atom is 0.150 e. The van der Waals surface area contributed by atoms with E-state index in [-0.39, 0.29) is 5.82 Å². The van der Waals surface area contributed by atoms with Crippen LogP contribution in [0.25, 0.3) is 5.69 Å². The van der Waals surface area contributed by atoms with Crippen LogP contribution in [0.15, 0.2) is 30.6 Å². The van der Waals surface area contributed by atoms with Gasteiger partial charge in [-0.3, -0.25) is 0 Å². The summed E-state index contributed by atoms with van der Waals surface area (Å²) in [6, 6.07) is 5.13. The highest BCUT2D eigenvalue weighted by molar-refractivity contribution is 6.32. The molecule has 0 fully saturated rings. The van der Waals surface area contributed by atoms with Crippen molar-refractivity contribution in [3.05, 3.63) is 47.0 Å². The summed E-state index contributed by atoms with van der Waals surface area (Å²) in [6.45, 7) is 5.21. The Labute approximate surface area is 123 Å². The largest absolute Gasteiger partial charge is 0.315 e. The van der Waals surface area contributed by atoms with Gasteiger partial charge in [-0.25, -0.2) is 9.07 Å². The maximum absolute atomic E-state index is 13.8. The zero-order chi connectivity index (χ0) is 14.5. The Morgan fingerprint density at radius 2 is 2.20 bits per heavy atom. The van der Waals surface area contributed by atoms with Gasteiger partial charge in [-0.15, -0.1) is 0 Å². The van der Waals surface area contributed by atoms with Crippen LogP contribution in [-0.4, -0.2) is 22.4 Å². The van der Waals surface area contributed by atoms with E-state index in [1.807, 2.05) is 6.20 Å². The van der Waals surface area contributed by atoms with E-state index < -0.39 is 0 Å². The highest BCUT2D eigenvalue weighted by Crippen LogP contribution is 2.23. The number of para-hydroxylation sites is 1. The van der Waals surface area contributed by atoms with Gasteiger partial charge < -0.3 is 5.32 Å². The summed E-state index contributed by atoms with van der Waals surface area (Å²) in [5.41, 5.74) is 1.38. The van der Waals surface area contributed by atoms with Crippen LogP contribution >= 0.6 is 11.6 Å². The van der Waals surface area contributed by atoms with Crippen molar-refractivity contribution in [1.29, 1.82) is 0 Å². The normalized spacial score (nSPS) is 11.2. The van der Waals surface area contributed by atoms with Crippen LogP contribution < -0.4 is 5.32 Å². The number of hydrogen-bond acceptors (Lipinski definition) is 2. The smallest absolute Gasteiger partial charge is 0.150 e. The van der Waals surface area contributed by atoms with Crippen LogP contribution in [0.2, 0.25) is 5.02 Å². The molecule has 1 N–H and O–H groups in total. The van der Waals surface area contributed by atoms with Crippen LogP contribution in [0, 0.1) is 5.82 Å². The minimum atomic E-state index is -0.367. The predicted molar refractivity (Wildman–Crippen MR) is 80.0 cm³/mol. The zero-order valence-electron chi connectivity index (χ0n) is 11.7. The molecule has 0 atom stereocenters. The molecule has 2 aromatic rings. The topological polar surface area (TPSA) is 29.9 Å². The molecule has 108 valence electrons. The predicted octanol–water partition coefficient (Wildman–Crippen LogP) is 3.60. The second-order valence-corrected chi connectivity index (χ2v) is 5.48. The van der Waals surface area contributed by atoms with Crippen molar-refractivity contribution in [3.8, 4) is 5.69 Å². The van der Waals surface area contributed by atoms with Gasteiger partial charge in [-0.2, -0.15) is 5.10 Å². The molecule has 0 saturated heterocycles. The van der Waals surface area contributed by atoms with Gasteiger partial charge in [0.2, 0.25) is 0 Å². The molecular formula is C15H19ClFN3. The molecular weight excluding hydrogens is 277 g/mol. The fourth-order valence-electron chi connectivity index (χ4n) is 2.00. The van der Waals surface area contributed by atoms with E-state index in [0.717, 1.165) is 24.9 Å². The molecule has 5 heteroatoms. The van der Waals surface area contributed by atoms with Gasteiger partial charge in [0.05, 0.1) is 11.2 Å². The van der Waals surface area contributed by atoms with Crippen LogP contribution in [0.4, 0.5) is 4.39 Å². The van der Waals surface area contributed by atoms with Crippen LogP contribution in [0.3, 0.4) is 0 Å². The Kier molecular flexibility index (Phi) is 5.15. The Morgan fingerprint density at radius 3 is 2.90 bits per heavy atom. The van der Waals surface area contributed by atoms with Crippen LogP contribution in [0.1, 0.15) is 25.8 Å². The SMILES string of the molecule is CC(C)NCCCc1cnn(-c2c(F)cccc2Cl)c1. The number of aromatic nitrogens is 2. The lowest BCUT2D eigenvalue weighted by atomic mass is 10.2. The molecule has 0 aliphatic rings. The summed E-state index contributed by atoms with van der Waals surface area (Å²) in [4.78, 5) is 0. The first kappa shape index (κ1) is 15.0. The van der Waals surface area contributed by atoms with E-state index in [4.69, 9.17) is 11.6 Å². The molecule has 0 unspecified atom stereocenters. The number of nitrogens with zero attached hydrogens (tertiary/aromatic N) is 2.